The first-order valence-corrected chi connectivity index (χ1v) is 10.7. The molecule has 0 unspecified atom stereocenters. The molecule has 2 heterocycles. The number of carbonyl (C=O) groups is 1. The number of carbonyl (C=O) groups excluding carboxylic acids is 1. The lowest BCUT2D eigenvalue weighted by molar-refractivity contribution is 0.102. The van der Waals surface area contributed by atoms with Gasteiger partial charge in [0.25, 0.3) is 11.5 Å². The quantitative estimate of drug-likeness (QED) is 0.453. The Balaban J connectivity index is 1.52. The normalized spacial score (nSPS) is 10.8. The van der Waals surface area contributed by atoms with Gasteiger partial charge in [0.05, 0.1) is 18.5 Å². The molecule has 0 radical (unpaired) electrons. The van der Waals surface area contributed by atoms with Gasteiger partial charge in [-0.25, -0.2) is 4.98 Å². The Bertz CT molecular complexity index is 1300. The first kappa shape index (κ1) is 20.7. The Labute approximate surface area is 183 Å². The van der Waals surface area contributed by atoms with Crippen molar-refractivity contribution in [2.24, 2.45) is 0 Å². The summed E-state index contributed by atoms with van der Waals surface area (Å²) in [6.07, 6.45) is 1.72. The van der Waals surface area contributed by atoms with Crippen molar-refractivity contribution in [3.63, 3.8) is 0 Å². The second kappa shape index (κ2) is 9.06. The Kier molecular flexibility index (Phi) is 6.04. The van der Waals surface area contributed by atoms with Crippen LogP contribution < -0.4 is 15.6 Å². The standard InChI is InChI=1S/C24H21N3O3S/c1-16-6-5-13-27-22(28)14-18(25-23(16)27)15-31-21-8-4-3-7-20(21)26-24(29)17-9-11-19(30-2)12-10-17/h3-14H,15H2,1-2H3,(H,26,29). The van der Waals surface area contributed by atoms with E-state index in [-0.39, 0.29) is 11.5 Å². The smallest absolute Gasteiger partial charge is 0.258 e. The van der Waals surface area contributed by atoms with E-state index in [4.69, 9.17) is 4.74 Å². The second-order valence-corrected chi connectivity index (χ2v) is 7.96. The van der Waals surface area contributed by atoms with Crippen molar-refractivity contribution < 1.29 is 9.53 Å². The maximum absolute atomic E-state index is 12.7. The molecular weight excluding hydrogens is 410 g/mol. The highest BCUT2D eigenvalue weighted by atomic mass is 32.2. The van der Waals surface area contributed by atoms with Crippen LogP contribution >= 0.6 is 11.8 Å². The molecule has 0 fully saturated rings. The molecule has 0 aliphatic rings. The van der Waals surface area contributed by atoms with Gasteiger partial charge in [-0.3, -0.25) is 14.0 Å². The van der Waals surface area contributed by atoms with Gasteiger partial charge in [0, 0.05) is 28.5 Å². The fraction of sp³-hybridized carbons (Fsp3) is 0.125. The van der Waals surface area contributed by atoms with Crippen molar-refractivity contribution in [1.82, 2.24) is 9.38 Å². The highest BCUT2D eigenvalue weighted by Crippen LogP contribution is 2.30. The van der Waals surface area contributed by atoms with Gasteiger partial charge in [-0.15, -0.1) is 11.8 Å². The Morgan fingerprint density at radius 3 is 2.65 bits per heavy atom. The Hall–Kier alpha value is -3.58. The molecular formula is C24H21N3O3S. The third-order valence-corrected chi connectivity index (χ3v) is 5.91. The molecule has 4 rings (SSSR count). The van der Waals surface area contributed by atoms with Crippen LogP contribution in [0.15, 0.2) is 82.6 Å². The number of hydrogen-bond acceptors (Lipinski definition) is 5. The number of thioether (sulfide) groups is 1. The minimum atomic E-state index is -0.201. The summed E-state index contributed by atoms with van der Waals surface area (Å²) in [5, 5.41) is 2.96. The Morgan fingerprint density at radius 2 is 1.87 bits per heavy atom. The van der Waals surface area contributed by atoms with E-state index in [1.165, 1.54) is 11.8 Å². The van der Waals surface area contributed by atoms with E-state index < -0.39 is 0 Å². The van der Waals surface area contributed by atoms with Crippen LogP contribution in [0.5, 0.6) is 5.75 Å². The van der Waals surface area contributed by atoms with Crippen molar-refractivity contribution in [3.8, 4) is 5.75 Å². The van der Waals surface area contributed by atoms with Crippen LogP contribution in [-0.4, -0.2) is 22.4 Å². The fourth-order valence-electron chi connectivity index (χ4n) is 3.17. The van der Waals surface area contributed by atoms with Gasteiger partial charge < -0.3 is 10.1 Å². The van der Waals surface area contributed by atoms with Gasteiger partial charge in [-0.2, -0.15) is 0 Å². The molecule has 156 valence electrons. The number of hydrogen-bond donors (Lipinski definition) is 1. The number of amides is 1. The summed E-state index contributed by atoms with van der Waals surface area (Å²) in [5.74, 6) is 1.00. The molecule has 1 N–H and O–H groups in total. The topological polar surface area (TPSA) is 72.7 Å². The number of anilines is 1. The number of nitrogens with one attached hydrogen (secondary N) is 1. The minimum Gasteiger partial charge on any atom is -0.497 e. The van der Waals surface area contributed by atoms with E-state index in [1.54, 1.807) is 48.0 Å². The largest absolute Gasteiger partial charge is 0.497 e. The molecule has 31 heavy (non-hydrogen) atoms. The molecule has 1 amide bonds. The number of pyridine rings is 1. The highest BCUT2D eigenvalue weighted by molar-refractivity contribution is 7.98. The van der Waals surface area contributed by atoms with Crippen molar-refractivity contribution in [2.45, 2.75) is 17.6 Å². The number of methoxy groups -OCH3 is 1. The van der Waals surface area contributed by atoms with E-state index in [1.807, 2.05) is 43.3 Å². The maximum atomic E-state index is 12.7. The molecule has 0 spiro atoms. The van der Waals surface area contributed by atoms with Crippen LogP contribution in [0.25, 0.3) is 5.65 Å². The summed E-state index contributed by atoms with van der Waals surface area (Å²) in [7, 11) is 1.59. The number of rotatable bonds is 6. The summed E-state index contributed by atoms with van der Waals surface area (Å²) < 4.78 is 6.69. The number of aryl methyl sites for hydroxylation is 1. The van der Waals surface area contributed by atoms with Crippen LogP contribution in [0.3, 0.4) is 0 Å². The molecule has 0 bridgehead atoms. The molecule has 0 saturated carbocycles. The monoisotopic (exact) mass is 431 g/mol. The number of ether oxygens (including phenoxy) is 1. The number of para-hydroxylation sites is 1. The van der Waals surface area contributed by atoms with Gasteiger partial charge in [0.2, 0.25) is 0 Å². The lowest BCUT2D eigenvalue weighted by Gasteiger charge is -2.11. The van der Waals surface area contributed by atoms with Crippen LogP contribution in [0.4, 0.5) is 5.69 Å². The van der Waals surface area contributed by atoms with Gasteiger partial charge in [-0.05, 0) is 55.0 Å². The lowest BCUT2D eigenvalue weighted by Crippen LogP contribution is -2.15. The lowest BCUT2D eigenvalue weighted by atomic mass is 10.2. The maximum Gasteiger partial charge on any atom is 0.258 e. The van der Waals surface area contributed by atoms with Crippen LogP contribution in [-0.2, 0) is 5.75 Å². The summed E-state index contributed by atoms with van der Waals surface area (Å²) >= 11 is 1.52. The van der Waals surface area contributed by atoms with E-state index in [0.717, 1.165) is 10.5 Å². The van der Waals surface area contributed by atoms with Crippen molar-refractivity contribution in [3.05, 3.63) is 100 Å². The first-order valence-electron chi connectivity index (χ1n) is 9.70. The van der Waals surface area contributed by atoms with E-state index in [0.29, 0.717) is 34.1 Å². The average molecular weight is 432 g/mol. The zero-order valence-corrected chi connectivity index (χ0v) is 18.0. The zero-order chi connectivity index (χ0) is 21.8. The summed E-state index contributed by atoms with van der Waals surface area (Å²) in [4.78, 5) is 30.6. The molecule has 4 aromatic rings. The first-order chi connectivity index (χ1) is 15.0. The molecule has 0 aliphatic heterocycles. The molecule has 2 aromatic heterocycles. The van der Waals surface area contributed by atoms with Gasteiger partial charge in [0.15, 0.2) is 0 Å². The summed E-state index contributed by atoms with van der Waals surface area (Å²) in [6.45, 7) is 1.93. The molecule has 7 heteroatoms. The van der Waals surface area contributed by atoms with E-state index in [2.05, 4.69) is 10.3 Å². The van der Waals surface area contributed by atoms with Gasteiger partial charge >= 0.3 is 0 Å². The van der Waals surface area contributed by atoms with Crippen molar-refractivity contribution in [1.29, 1.82) is 0 Å². The van der Waals surface area contributed by atoms with Crippen LogP contribution in [0.2, 0.25) is 0 Å². The van der Waals surface area contributed by atoms with Crippen molar-refractivity contribution in [2.75, 3.05) is 12.4 Å². The predicted molar refractivity (Wildman–Crippen MR) is 123 cm³/mol. The molecule has 0 saturated heterocycles. The highest BCUT2D eigenvalue weighted by Gasteiger charge is 2.11. The second-order valence-electron chi connectivity index (χ2n) is 6.94. The summed E-state index contributed by atoms with van der Waals surface area (Å²) in [5.41, 5.74) is 3.44. The third-order valence-electron chi connectivity index (χ3n) is 4.80. The van der Waals surface area contributed by atoms with Crippen LogP contribution in [0, 0.1) is 6.92 Å². The number of aromatic nitrogens is 2. The molecule has 0 atom stereocenters. The average Bonchev–Trinajstić information content (AvgIpc) is 2.79. The zero-order valence-electron chi connectivity index (χ0n) is 17.2. The van der Waals surface area contributed by atoms with Crippen molar-refractivity contribution >= 4 is 29.0 Å². The fourth-order valence-corrected chi connectivity index (χ4v) is 4.07. The van der Waals surface area contributed by atoms with Crippen LogP contribution in [0.1, 0.15) is 21.6 Å². The van der Waals surface area contributed by atoms with E-state index in [9.17, 15) is 9.59 Å². The Morgan fingerprint density at radius 1 is 1.10 bits per heavy atom. The van der Waals surface area contributed by atoms with Gasteiger partial charge in [0.1, 0.15) is 11.4 Å². The number of benzene rings is 2. The molecule has 2 aromatic carbocycles. The number of nitrogens with zero attached hydrogens (tertiary/aromatic N) is 2. The van der Waals surface area contributed by atoms with E-state index >= 15 is 0 Å². The minimum absolute atomic E-state index is 0.106. The third kappa shape index (κ3) is 4.62. The summed E-state index contributed by atoms with van der Waals surface area (Å²) in [6, 6.07) is 19.8. The predicted octanol–water partition coefficient (Wildman–Crippen LogP) is 4.56. The van der Waals surface area contributed by atoms with Gasteiger partial charge in [-0.1, -0.05) is 18.2 Å². The molecule has 0 aliphatic carbocycles. The number of fused-ring (bicyclic) bond motifs is 1. The SMILES string of the molecule is COc1ccc(C(=O)Nc2ccccc2SCc2cc(=O)n3cccc(C)c3n2)cc1. The molecule has 6 nitrogen and oxygen atoms in total.